The summed E-state index contributed by atoms with van der Waals surface area (Å²) in [4.78, 5) is 4.22. The molecule has 0 fully saturated rings. The Bertz CT molecular complexity index is 511. The average molecular weight is 242 g/mol. The van der Waals surface area contributed by atoms with Crippen LogP contribution in [0.4, 0.5) is 5.82 Å². The Kier molecular flexibility index (Phi) is 4.18. The van der Waals surface area contributed by atoms with Gasteiger partial charge in [0.2, 0.25) is 0 Å². The maximum absolute atomic E-state index is 5.91. The Balaban J connectivity index is 2.20. The molecule has 0 radical (unpaired) electrons. The lowest BCUT2D eigenvalue weighted by molar-refractivity contribution is 0.476. The van der Waals surface area contributed by atoms with E-state index in [0.29, 0.717) is 0 Å². The maximum Gasteiger partial charge on any atom is 0.132 e. The normalized spacial score (nSPS) is 10.1. The number of nitrogens with zero attached hydrogens (tertiary/aromatic N) is 1. The third-order valence-electron chi connectivity index (χ3n) is 2.67. The maximum atomic E-state index is 5.91. The van der Waals surface area contributed by atoms with Gasteiger partial charge in [-0.05, 0) is 31.0 Å². The molecule has 1 N–H and O–H groups in total. The van der Waals surface area contributed by atoms with Crippen molar-refractivity contribution < 1.29 is 4.74 Å². The van der Waals surface area contributed by atoms with Gasteiger partial charge in [0.15, 0.2) is 0 Å². The van der Waals surface area contributed by atoms with Crippen LogP contribution in [0.5, 0.6) is 11.5 Å². The van der Waals surface area contributed by atoms with E-state index in [4.69, 9.17) is 4.74 Å². The Labute approximate surface area is 108 Å². The summed E-state index contributed by atoms with van der Waals surface area (Å²) in [6.07, 6.45) is 2.71. The molecular formula is C15H18N2O. The molecule has 0 aliphatic heterocycles. The van der Waals surface area contributed by atoms with Crippen LogP contribution in [-0.4, -0.2) is 11.5 Å². The molecule has 1 aromatic carbocycles. The molecule has 0 saturated carbocycles. The predicted molar refractivity (Wildman–Crippen MR) is 74.3 cm³/mol. The van der Waals surface area contributed by atoms with Crippen LogP contribution < -0.4 is 10.1 Å². The zero-order chi connectivity index (χ0) is 12.8. The van der Waals surface area contributed by atoms with Crippen LogP contribution in [0.2, 0.25) is 0 Å². The van der Waals surface area contributed by atoms with Crippen LogP contribution in [0.25, 0.3) is 0 Å². The first-order chi connectivity index (χ1) is 8.83. The second kappa shape index (κ2) is 6.05. The average Bonchev–Trinajstić information content (AvgIpc) is 2.40. The molecule has 0 saturated heterocycles. The molecule has 0 unspecified atom stereocenters. The van der Waals surface area contributed by atoms with Crippen molar-refractivity contribution in [1.82, 2.24) is 4.98 Å². The lowest BCUT2D eigenvalue weighted by Crippen LogP contribution is -1.99. The van der Waals surface area contributed by atoms with Gasteiger partial charge in [0, 0.05) is 18.8 Å². The van der Waals surface area contributed by atoms with E-state index in [0.717, 1.165) is 30.3 Å². The number of pyridine rings is 1. The molecule has 94 valence electrons. The minimum Gasteiger partial charge on any atom is -0.457 e. The van der Waals surface area contributed by atoms with Gasteiger partial charge in [0.1, 0.15) is 17.3 Å². The van der Waals surface area contributed by atoms with Crippen LogP contribution in [0.1, 0.15) is 19.4 Å². The zero-order valence-corrected chi connectivity index (χ0v) is 10.8. The number of benzene rings is 1. The largest absolute Gasteiger partial charge is 0.457 e. The second-order valence-electron chi connectivity index (χ2n) is 3.97. The number of hydrogen-bond acceptors (Lipinski definition) is 3. The van der Waals surface area contributed by atoms with Gasteiger partial charge in [0.05, 0.1) is 0 Å². The van der Waals surface area contributed by atoms with Gasteiger partial charge in [-0.3, -0.25) is 0 Å². The summed E-state index contributed by atoms with van der Waals surface area (Å²) >= 11 is 0. The number of nitrogens with one attached hydrogen (secondary N) is 1. The minimum absolute atomic E-state index is 0.807. The van der Waals surface area contributed by atoms with Crippen molar-refractivity contribution in [2.45, 2.75) is 20.3 Å². The standard InChI is InChI=1S/C15H18N2O/c1-3-12-7-5-6-8-14(12)18-13-9-10-17-15(11-13)16-4-2/h5-11H,3-4H2,1-2H3,(H,16,17). The molecule has 3 nitrogen and oxygen atoms in total. The summed E-state index contributed by atoms with van der Waals surface area (Å²) < 4.78 is 5.91. The van der Waals surface area contributed by atoms with Crippen molar-refractivity contribution in [2.24, 2.45) is 0 Å². The highest BCUT2D eigenvalue weighted by Gasteiger charge is 2.03. The van der Waals surface area contributed by atoms with Gasteiger partial charge in [-0.2, -0.15) is 0 Å². The molecule has 1 aromatic heterocycles. The summed E-state index contributed by atoms with van der Waals surface area (Å²) in [5, 5.41) is 3.17. The van der Waals surface area contributed by atoms with Crippen molar-refractivity contribution in [2.75, 3.05) is 11.9 Å². The number of rotatable bonds is 5. The Morgan fingerprint density at radius 3 is 2.78 bits per heavy atom. The van der Waals surface area contributed by atoms with Gasteiger partial charge >= 0.3 is 0 Å². The minimum atomic E-state index is 0.807. The third kappa shape index (κ3) is 3.00. The number of anilines is 1. The Morgan fingerprint density at radius 2 is 2.00 bits per heavy atom. The van der Waals surface area contributed by atoms with Crippen molar-refractivity contribution >= 4 is 5.82 Å². The SMILES string of the molecule is CCNc1cc(Oc2ccccc2CC)ccn1. The van der Waals surface area contributed by atoms with E-state index in [2.05, 4.69) is 23.3 Å². The van der Waals surface area contributed by atoms with E-state index < -0.39 is 0 Å². The van der Waals surface area contributed by atoms with E-state index in [1.807, 2.05) is 37.3 Å². The van der Waals surface area contributed by atoms with Gasteiger partial charge in [0.25, 0.3) is 0 Å². The molecular weight excluding hydrogens is 224 g/mol. The molecule has 3 heteroatoms. The first-order valence-corrected chi connectivity index (χ1v) is 6.29. The third-order valence-corrected chi connectivity index (χ3v) is 2.67. The quantitative estimate of drug-likeness (QED) is 0.864. The molecule has 0 spiro atoms. The fourth-order valence-electron chi connectivity index (χ4n) is 1.77. The molecule has 2 aromatic rings. The molecule has 18 heavy (non-hydrogen) atoms. The molecule has 0 atom stereocenters. The van der Waals surface area contributed by atoms with Crippen LogP contribution in [0.15, 0.2) is 42.6 Å². The summed E-state index contributed by atoms with van der Waals surface area (Å²) in [5.74, 6) is 2.56. The van der Waals surface area contributed by atoms with Crippen molar-refractivity contribution in [3.05, 3.63) is 48.2 Å². The monoisotopic (exact) mass is 242 g/mol. The first-order valence-electron chi connectivity index (χ1n) is 6.29. The summed E-state index contributed by atoms with van der Waals surface area (Å²) in [5.41, 5.74) is 1.21. The Hall–Kier alpha value is -2.03. The van der Waals surface area contributed by atoms with Crippen molar-refractivity contribution in [3.63, 3.8) is 0 Å². The van der Waals surface area contributed by atoms with Gasteiger partial charge in [-0.1, -0.05) is 25.1 Å². The molecule has 0 bridgehead atoms. The highest BCUT2D eigenvalue weighted by atomic mass is 16.5. The molecule has 2 rings (SSSR count). The van der Waals surface area contributed by atoms with E-state index in [9.17, 15) is 0 Å². The van der Waals surface area contributed by atoms with Crippen LogP contribution in [0.3, 0.4) is 0 Å². The molecule has 0 aliphatic rings. The van der Waals surface area contributed by atoms with E-state index in [1.54, 1.807) is 6.20 Å². The van der Waals surface area contributed by atoms with Gasteiger partial charge in [-0.25, -0.2) is 4.98 Å². The van der Waals surface area contributed by atoms with Crippen molar-refractivity contribution in [3.8, 4) is 11.5 Å². The second-order valence-corrected chi connectivity index (χ2v) is 3.97. The summed E-state index contributed by atoms with van der Waals surface area (Å²) in [7, 11) is 0. The fraction of sp³-hybridized carbons (Fsp3) is 0.267. The van der Waals surface area contributed by atoms with E-state index in [-0.39, 0.29) is 0 Å². The van der Waals surface area contributed by atoms with E-state index in [1.165, 1.54) is 5.56 Å². The topological polar surface area (TPSA) is 34.1 Å². The van der Waals surface area contributed by atoms with Crippen LogP contribution in [0, 0.1) is 0 Å². The number of aryl methyl sites for hydroxylation is 1. The Morgan fingerprint density at radius 1 is 1.17 bits per heavy atom. The van der Waals surface area contributed by atoms with E-state index >= 15 is 0 Å². The highest BCUT2D eigenvalue weighted by Crippen LogP contribution is 2.26. The van der Waals surface area contributed by atoms with Gasteiger partial charge in [-0.15, -0.1) is 0 Å². The first kappa shape index (κ1) is 12.4. The molecule has 0 amide bonds. The summed E-state index contributed by atoms with van der Waals surface area (Å²) in [6, 6.07) is 11.9. The lowest BCUT2D eigenvalue weighted by Gasteiger charge is -2.10. The summed E-state index contributed by atoms with van der Waals surface area (Å²) in [6.45, 7) is 5.02. The number of hydrogen-bond donors (Lipinski definition) is 1. The van der Waals surface area contributed by atoms with Crippen LogP contribution in [-0.2, 0) is 6.42 Å². The predicted octanol–water partition coefficient (Wildman–Crippen LogP) is 3.87. The molecule has 1 heterocycles. The smallest absolute Gasteiger partial charge is 0.132 e. The highest BCUT2D eigenvalue weighted by molar-refractivity contribution is 5.43. The molecule has 0 aliphatic carbocycles. The van der Waals surface area contributed by atoms with Crippen LogP contribution >= 0.6 is 0 Å². The zero-order valence-electron chi connectivity index (χ0n) is 10.8. The van der Waals surface area contributed by atoms with Crippen molar-refractivity contribution in [1.29, 1.82) is 0 Å². The van der Waals surface area contributed by atoms with Gasteiger partial charge < -0.3 is 10.1 Å². The number of ether oxygens (including phenoxy) is 1. The fourth-order valence-corrected chi connectivity index (χ4v) is 1.77. The number of aromatic nitrogens is 1. The lowest BCUT2D eigenvalue weighted by atomic mass is 10.1. The number of para-hydroxylation sites is 1.